The second-order valence-electron chi connectivity index (χ2n) is 5.14. The third-order valence-electron chi connectivity index (χ3n) is 3.10. The minimum atomic E-state index is -1.00. The Morgan fingerprint density at radius 1 is 1.35 bits per heavy atom. The van der Waals surface area contributed by atoms with Crippen LogP contribution in [0.4, 0.5) is 0 Å². The van der Waals surface area contributed by atoms with E-state index in [0.717, 1.165) is 5.57 Å². The van der Waals surface area contributed by atoms with Crippen LogP contribution >= 0.6 is 0 Å². The maximum Gasteiger partial charge on any atom is 0.310 e. The van der Waals surface area contributed by atoms with Crippen LogP contribution in [0.1, 0.15) is 41.0 Å². The zero-order valence-electron chi connectivity index (χ0n) is 11.3. The first-order chi connectivity index (χ1) is 7.70. The maximum atomic E-state index is 11.6. The van der Waals surface area contributed by atoms with Gasteiger partial charge in [0.05, 0.1) is 5.41 Å². The topological polar surface area (TPSA) is 66.4 Å². The summed E-state index contributed by atoms with van der Waals surface area (Å²) in [6, 6.07) is 0. The molecule has 0 saturated heterocycles. The van der Waals surface area contributed by atoms with E-state index in [9.17, 15) is 14.7 Å². The van der Waals surface area contributed by atoms with Crippen molar-refractivity contribution in [2.24, 2.45) is 11.3 Å². The second-order valence-corrected chi connectivity index (χ2v) is 5.14. The van der Waals surface area contributed by atoms with Gasteiger partial charge in [-0.2, -0.15) is 0 Å². The molecule has 1 unspecified atom stereocenters. The molecule has 4 heteroatoms. The van der Waals surface area contributed by atoms with E-state index in [0.29, 0.717) is 6.54 Å². The average Bonchev–Trinajstić information content (AvgIpc) is 2.15. The van der Waals surface area contributed by atoms with Crippen molar-refractivity contribution in [2.75, 3.05) is 6.54 Å². The number of amides is 1. The highest BCUT2D eigenvalue weighted by molar-refractivity contribution is 5.84. The monoisotopic (exact) mass is 241 g/mol. The van der Waals surface area contributed by atoms with E-state index in [4.69, 9.17) is 0 Å². The Morgan fingerprint density at radius 3 is 2.24 bits per heavy atom. The molecular weight excluding hydrogens is 218 g/mol. The van der Waals surface area contributed by atoms with E-state index in [1.165, 1.54) is 0 Å². The number of hydrogen-bond donors (Lipinski definition) is 2. The largest absolute Gasteiger partial charge is 0.481 e. The first-order valence-corrected chi connectivity index (χ1v) is 5.83. The second kappa shape index (κ2) is 6.42. The Balaban J connectivity index is 4.44. The Hall–Kier alpha value is -1.32. The van der Waals surface area contributed by atoms with Crippen LogP contribution in [0.2, 0.25) is 0 Å². The summed E-state index contributed by atoms with van der Waals surface area (Å²) >= 11 is 0. The lowest BCUT2D eigenvalue weighted by molar-refractivity contribution is -0.153. The smallest absolute Gasteiger partial charge is 0.310 e. The van der Waals surface area contributed by atoms with Crippen molar-refractivity contribution in [3.05, 3.63) is 11.6 Å². The van der Waals surface area contributed by atoms with Gasteiger partial charge in [0.15, 0.2) is 0 Å². The van der Waals surface area contributed by atoms with Gasteiger partial charge in [-0.1, -0.05) is 25.5 Å². The number of rotatable bonds is 6. The fourth-order valence-corrected chi connectivity index (χ4v) is 1.29. The van der Waals surface area contributed by atoms with E-state index in [2.05, 4.69) is 5.32 Å². The molecule has 0 aliphatic rings. The van der Waals surface area contributed by atoms with Crippen LogP contribution in [0.25, 0.3) is 0 Å². The molecule has 17 heavy (non-hydrogen) atoms. The molecular formula is C13H23NO3. The molecule has 0 rings (SSSR count). The van der Waals surface area contributed by atoms with Crippen LogP contribution in [0.3, 0.4) is 0 Å². The summed E-state index contributed by atoms with van der Waals surface area (Å²) in [5.41, 5.74) is 0.116. The highest BCUT2D eigenvalue weighted by Gasteiger charge is 2.38. The molecule has 4 nitrogen and oxygen atoms in total. The van der Waals surface area contributed by atoms with Crippen LogP contribution in [0.5, 0.6) is 0 Å². The van der Waals surface area contributed by atoms with Gasteiger partial charge in [0.2, 0.25) is 5.91 Å². The van der Waals surface area contributed by atoms with Crippen LogP contribution < -0.4 is 5.32 Å². The highest BCUT2D eigenvalue weighted by atomic mass is 16.4. The molecule has 2 N–H and O–H groups in total. The fraction of sp³-hybridized carbons (Fsp3) is 0.692. The van der Waals surface area contributed by atoms with E-state index < -0.39 is 11.4 Å². The van der Waals surface area contributed by atoms with Gasteiger partial charge in [-0.15, -0.1) is 0 Å². The molecule has 0 bridgehead atoms. The summed E-state index contributed by atoms with van der Waals surface area (Å²) in [6.07, 6.45) is 1.90. The van der Waals surface area contributed by atoms with Crippen molar-refractivity contribution in [2.45, 2.75) is 41.0 Å². The van der Waals surface area contributed by atoms with E-state index in [1.807, 2.05) is 33.8 Å². The maximum absolute atomic E-state index is 11.6. The molecule has 0 fully saturated rings. The average molecular weight is 241 g/mol. The molecule has 0 aromatic carbocycles. The minimum absolute atomic E-state index is 0.0105. The van der Waals surface area contributed by atoms with Crippen molar-refractivity contribution in [3.63, 3.8) is 0 Å². The predicted octanol–water partition coefficient (Wildman–Crippen LogP) is 2.21. The standard InChI is InChI=1S/C13H23NO3/c1-9(2)6-7-14-11(15)8-13(5,10(3)4)12(16)17/h6,10H,7-8H2,1-5H3,(H,14,15)(H,16,17). The number of carboxylic acid groups (broad SMARTS) is 1. The van der Waals surface area contributed by atoms with Gasteiger partial charge < -0.3 is 10.4 Å². The van der Waals surface area contributed by atoms with Crippen molar-refractivity contribution in [3.8, 4) is 0 Å². The van der Waals surface area contributed by atoms with Gasteiger partial charge >= 0.3 is 5.97 Å². The lowest BCUT2D eigenvalue weighted by Crippen LogP contribution is -2.39. The number of allylic oxidation sites excluding steroid dienone is 1. The number of carbonyl (C=O) groups excluding carboxylic acids is 1. The quantitative estimate of drug-likeness (QED) is 0.701. The third-order valence-corrected chi connectivity index (χ3v) is 3.10. The predicted molar refractivity (Wildman–Crippen MR) is 67.6 cm³/mol. The van der Waals surface area contributed by atoms with Crippen LogP contribution in [0.15, 0.2) is 11.6 Å². The van der Waals surface area contributed by atoms with Crippen molar-refractivity contribution >= 4 is 11.9 Å². The van der Waals surface area contributed by atoms with Crippen molar-refractivity contribution in [1.29, 1.82) is 0 Å². The van der Waals surface area contributed by atoms with E-state index in [1.54, 1.807) is 6.92 Å². The van der Waals surface area contributed by atoms with Crippen LogP contribution in [-0.4, -0.2) is 23.5 Å². The number of hydrogen-bond acceptors (Lipinski definition) is 2. The molecule has 98 valence electrons. The van der Waals surface area contributed by atoms with Gasteiger partial charge in [0, 0.05) is 13.0 Å². The Kier molecular flexibility index (Phi) is 5.93. The van der Waals surface area contributed by atoms with Crippen LogP contribution in [-0.2, 0) is 9.59 Å². The Morgan fingerprint density at radius 2 is 1.88 bits per heavy atom. The summed E-state index contributed by atoms with van der Waals surface area (Å²) in [7, 11) is 0. The molecule has 1 amide bonds. The molecule has 0 spiro atoms. The van der Waals surface area contributed by atoms with Gasteiger partial charge in [0.25, 0.3) is 0 Å². The highest BCUT2D eigenvalue weighted by Crippen LogP contribution is 2.31. The summed E-state index contributed by atoms with van der Waals surface area (Å²) < 4.78 is 0. The molecule has 1 atom stereocenters. The molecule has 0 radical (unpaired) electrons. The third kappa shape index (κ3) is 5.02. The number of aliphatic carboxylic acids is 1. The van der Waals surface area contributed by atoms with Crippen molar-refractivity contribution < 1.29 is 14.7 Å². The first kappa shape index (κ1) is 15.7. The summed E-state index contributed by atoms with van der Waals surface area (Å²) in [5.74, 6) is -1.24. The fourth-order valence-electron chi connectivity index (χ4n) is 1.29. The number of nitrogens with one attached hydrogen (secondary N) is 1. The zero-order chi connectivity index (χ0) is 13.6. The number of carboxylic acids is 1. The Labute approximate surface area is 103 Å². The summed E-state index contributed by atoms with van der Waals surface area (Å²) in [4.78, 5) is 22.8. The molecule has 0 aromatic heterocycles. The zero-order valence-corrected chi connectivity index (χ0v) is 11.3. The first-order valence-electron chi connectivity index (χ1n) is 5.83. The van der Waals surface area contributed by atoms with Crippen molar-refractivity contribution in [1.82, 2.24) is 5.32 Å². The van der Waals surface area contributed by atoms with E-state index in [-0.39, 0.29) is 18.2 Å². The SMILES string of the molecule is CC(C)=CCNC(=O)CC(C)(C(=O)O)C(C)C. The van der Waals surface area contributed by atoms with Gasteiger partial charge in [-0.05, 0) is 26.7 Å². The number of carbonyl (C=O) groups is 2. The summed E-state index contributed by atoms with van der Waals surface area (Å²) in [6.45, 7) is 9.59. The summed E-state index contributed by atoms with van der Waals surface area (Å²) in [5, 5.41) is 11.9. The lowest BCUT2D eigenvalue weighted by atomic mass is 9.76. The normalized spacial score (nSPS) is 14.0. The van der Waals surface area contributed by atoms with Gasteiger partial charge in [-0.3, -0.25) is 9.59 Å². The molecule has 0 saturated carbocycles. The molecule has 0 aliphatic carbocycles. The molecule has 0 aromatic rings. The lowest BCUT2D eigenvalue weighted by Gasteiger charge is -2.28. The Bertz CT molecular complexity index is 317. The van der Waals surface area contributed by atoms with Gasteiger partial charge in [-0.25, -0.2) is 0 Å². The van der Waals surface area contributed by atoms with E-state index >= 15 is 0 Å². The molecule has 0 heterocycles. The van der Waals surface area contributed by atoms with Gasteiger partial charge in [0.1, 0.15) is 0 Å². The molecule has 0 aliphatic heterocycles. The van der Waals surface area contributed by atoms with Crippen LogP contribution in [0, 0.1) is 11.3 Å². The minimum Gasteiger partial charge on any atom is -0.481 e.